The number of carboxylic acid groups (broad SMARTS) is 1. The third-order valence-electron chi connectivity index (χ3n) is 4.95. The maximum Gasteiger partial charge on any atom is 0.335 e. The van der Waals surface area contributed by atoms with Crippen LogP contribution < -0.4 is 0 Å². The van der Waals surface area contributed by atoms with Crippen LogP contribution in [-0.4, -0.2) is 67.9 Å². The molecule has 0 amide bonds. The molecule has 0 radical (unpaired) electrons. The van der Waals surface area contributed by atoms with Crippen LogP contribution in [0.2, 0.25) is 0 Å². The van der Waals surface area contributed by atoms with Crippen LogP contribution in [0.3, 0.4) is 0 Å². The zero-order valence-electron chi connectivity index (χ0n) is 20.2. The number of halogens is 2. The molecule has 4 aromatic carbocycles. The summed E-state index contributed by atoms with van der Waals surface area (Å²) in [4.78, 5) is 22.3. The van der Waals surface area contributed by atoms with E-state index in [-0.39, 0.29) is 11.1 Å². The van der Waals surface area contributed by atoms with E-state index in [1.54, 1.807) is 0 Å². The Morgan fingerprint density at radius 1 is 0.512 bits per heavy atom. The van der Waals surface area contributed by atoms with Crippen molar-refractivity contribution in [2.45, 2.75) is 0 Å². The van der Waals surface area contributed by atoms with Crippen molar-refractivity contribution in [1.29, 1.82) is 0 Å². The number of hydrogen-bond acceptors (Lipinski definition) is 12. The summed E-state index contributed by atoms with van der Waals surface area (Å²) in [5.74, 6) is -11.7. The van der Waals surface area contributed by atoms with Crippen molar-refractivity contribution in [2.75, 3.05) is 0 Å². The van der Waals surface area contributed by atoms with Gasteiger partial charge in [-0.2, -0.15) is 0 Å². The van der Waals surface area contributed by atoms with Crippen LogP contribution in [0.4, 0.5) is 8.78 Å². The fraction of sp³-hybridized carbons (Fsp3) is 0. The molecule has 11 N–H and O–H groups in total. The topological polar surface area (TPSA) is 257 Å². The Bertz CT molecular complexity index is 1550. The molecule has 0 saturated carbocycles. The fourth-order valence-corrected chi connectivity index (χ4v) is 2.85. The van der Waals surface area contributed by atoms with Gasteiger partial charge in [0.25, 0.3) is 0 Å². The second-order valence-corrected chi connectivity index (χ2v) is 7.76. The summed E-state index contributed by atoms with van der Waals surface area (Å²) in [5.41, 5.74) is -1.16. The number of carbonyl (C=O) groups is 2. The van der Waals surface area contributed by atoms with E-state index in [9.17, 15) is 33.7 Å². The zero-order valence-corrected chi connectivity index (χ0v) is 20.2. The maximum atomic E-state index is 13.7. The first kappa shape index (κ1) is 31.1. The van der Waals surface area contributed by atoms with Crippen LogP contribution in [-0.2, 0) is 0 Å². The van der Waals surface area contributed by atoms with E-state index in [1.165, 1.54) is 12.1 Å². The third-order valence-corrected chi connectivity index (χ3v) is 4.95. The third kappa shape index (κ3) is 7.26. The van der Waals surface area contributed by atoms with Gasteiger partial charge in [-0.15, -0.1) is 0 Å². The molecule has 41 heavy (non-hydrogen) atoms. The van der Waals surface area contributed by atoms with Crippen molar-refractivity contribution in [2.24, 2.45) is 0 Å². The first-order chi connectivity index (χ1) is 19.1. The number of phenols is 10. The van der Waals surface area contributed by atoms with Gasteiger partial charge >= 0.3 is 5.97 Å². The number of aromatic hydroxyl groups is 10. The predicted octanol–water partition coefficient (Wildman–Crippen LogP) is 3.32. The molecule has 0 aliphatic carbocycles. The highest BCUT2D eigenvalue weighted by atomic mass is 19.1. The van der Waals surface area contributed by atoms with Gasteiger partial charge in [0.15, 0.2) is 74.9 Å². The quantitative estimate of drug-likeness (QED) is 0.123. The number of carbonyl (C=O) groups excluding carboxylic acids is 1. The summed E-state index contributed by atoms with van der Waals surface area (Å²) in [6.07, 6.45) is 0. The largest absolute Gasteiger partial charge is 0.504 e. The highest BCUT2D eigenvalue weighted by Crippen LogP contribution is 2.37. The minimum Gasteiger partial charge on any atom is -0.504 e. The molecular weight excluding hydrogens is 558 g/mol. The van der Waals surface area contributed by atoms with Crippen LogP contribution in [0.1, 0.15) is 26.3 Å². The molecule has 0 heterocycles. The highest BCUT2D eigenvalue weighted by Gasteiger charge is 2.21. The number of carboxylic acids is 1. The van der Waals surface area contributed by atoms with Crippen LogP contribution in [0.15, 0.2) is 54.6 Å². The van der Waals surface area contributed by atoms with Gasteiger partial charge in [0, 0.05) is 5.56 Å². The summed E-state index contributed by atoms with van der Waals surface area (Å²) < 4.78 is 25.8. The molecule has 4 rings (SSSR count). The summed E-state index contributed by atoms with van der Waals surface area (Å²) in [5, 5.41) is 98.2. The van der Waals surface area contributed by atoms with Gasteiger partial charge in [-0.1, -0.05) is 6.07 Å². The molecule has 0 bridgehead atoms. The average Bonchev–Trinajstić information content (AvgIpc) is 2.91. The van der Waals surface area contributed by atoms with Gasteiger partial charge in [0.1, 0.15) is 0 Å². The van der Waals surface area contributed by atoms with Crippen molar-refractivity contribution < 1.29 is 74.5 Å². The lowest BCUT2D eigenvalue weighted by atomic mass is 10.0. The molecule has 0 spiro atoms. The fourth-order valence-electron chi connectivity index (χ4n) is 2.85. The predicted molar refractivity (Wildman–Crippen MR) is 133 cm³/mol. The Hall–Kier alpha value is -6.12. The lowest BCUT2D eigenvalue weighted by molar-refractivity contribution is 0.0695. The van der Waals surface area contributed by atoms with Crippen LogP contribution in [0, 0.1) is 11.6 Å². The lowest BCUT2D eigenvalue weighted by Gasteiger charge is -2.07. The van der Waals surface area contributed by atoms with Crippen molar-refractivity contribution >= 4 is 11.8 Å². The van der Waals surface area contributed by atoms with Crippen LogP contribution in [0.25, 0.3) is 0 Å². The Labute approximate surface area is 227 Å². The minimum absolute atomic E-state index is 0.289. The smallest absolute Gasteiger partial charge is 0.335 e. The van der Waals surface area contributed by atoms with Crippen LogP contribution >= 0.6 is 0 Å². The second-order valence-electron chi connectivity index (χ2n) is 7.76. The van der Waals surface area contributed by atoms with Gasteiger partial charge in [0.2, 0.25) is 0 Å². The van der Waals surface area contributed by atoms with E-state index < -0.39 is 86.4 Å². The number of aromatic carboxylic acids is 1. The van der Waals surface area contributed by atoms with Crippen molar-refractivity contribution in [3.05, 3.63) is 82.9 Å². The highest BCUT2D eigenvalue weighted by molar-refractivity contribution is 6.10. The number of phenolic OH excluding ortho intramolecular Hbond substituents is 10. The van der Waals surface area contributed by atoms with E-state index >= 15 is 0 Å². The molecule has 216 valence electrons. The summed E-state index contributed by atoms with van der Waals surface area (Å²) in [6, 6.07) is 8.80. The Morgan fingerprint density at radius 2 is 0.951 bits per heavy atom. The summed E-state index contributed by atoms with van der Waals surface area (Å²) in [6.45, 7) is 0. The normalized spacial score (nSPS) is 10.0. The first-order valence-electron chi connectivity index (χ1n) is 10.7. The molecule has 4 aromatic rings. The zero-order chi connectivity index (χ0) is 31.2. The van der Waals surface area contributed by atoms with E-state index in [4.69, 9.17) is 40.9 Å². The Kier molecular flexibility index (Phi) is 9.57. The van der Waals surface area contributed by atoms with E-state index in [2.05, 4.69) is 0 Å². The van der Waals surface area contributed by atoms with Crippen molar-refractivity contribution in [3.8, 4) is 57.5 Å². The van der Waals surface area contributed by atoms with Gasteiger partial charge in [-0.3, -0.25) is 4.79 Å². The number of rotatable bonds is 3. The standard InChI is InChI=1S/C13H9FO6.C7H6O5.C6H5FO2/c14-10-6(1-2-7(15)13(10)20)11(18)5-3-8(16)12(19)9(17)4-5;8-4-1-3(7(11)12)2-5(9)6(4)10;7-4-2-1-3-5(8)6(4)9/h1-4,15-17,19-20H;1-2,8-10H,(H,11,12);1-3,8-9H. The molecule has 0 aromatic heterocycles. The van der Waals surface area contributed by atoms with Gasteiger partial charge in [-0.25, -0.2) is 13.6 Å². The number of ketones is 1. The minimum atomic E-state index is -1.33. The van der Waals surface area contributed by atoms with Gasteiger partial charge < -0.3 is 56.2 Å². The van der Waals surface area contributed by atoms with E-state index in [0.717, 1.165) is 42.5 Å². The average molecular weight is 578 g/mol. The number of para-hydroxylation sites is 1. The lowest BCUT2D eigenvalue weighted by Crippen LogP contribution is -2.04. The molecule has 0 saturated heterocycles. The maximum absolute atomic E-state index is 13.7. The number of benzene rings is 4. The molecule has 15 heteroatoms. The molecule has 13 nitrogen and oxygen atoms in total. The molecule has 0 unspecified atom stereocenters. The van der Waals surface area contributed by atoms with Crippen LogP contribution in [0.5, 0.6) is 57.5 Å². The second kappa shape index (κ2) is 12.6. The van der Waals surface area contributed by atoms with Gasteiger partial charge in [-0.05, 0) is 48.5 Å². The Balaban J connectivity index is 0.000000237. The molecule has 0 aliphatic rings. The monoisotopic (exact) mass is 578 g/mol. The summed E-state index contributed by atoms with van der Waals surface area (Å²) >= 11 is 0. The molecule has 0 atom stereocenters. The summed E-state index contributed by atoms with van der Waals surface area (Å²) in [7, 11) is 0. The molecular formula is C26H20F2O13. The van der Waals surface area contributed by atoms with E-state index in [0.29, 0.717) is 0 Å². The number of hydrogen-bond donors (Lipinski definition) is 11. The molecule has 0 aliphatic heterocycles. The Morgan fingerprint density at radius 3 is 1.37 bits per heavy atom. The van der Waals surface area contributed by atoms with E-state index in [1.807, 2.05) is 0 Å². The first-order valence-corrected chi connectivity index (χ1v) is 10.7. The van der Waals surface area contributed by atoms with Crippen molar-refractivity contribution in [1.82, 2.24) is 0 Å². The molecule has 0 fully saturated rings. The van der Waals surface area contributed by atoms with Gasteiger partial charge in [0.05, 0.1) is 11.1 Å². The van der Waals surface area contributed by atoms with Crippen molar-refractivity contribution in [3.63, 3.8) is 0 Å². The SMILES string of the molecule is O=C(O)c1cc(O)c(O)c(O)c1.O=C(c1cc(O)c(O)c(O)c1)c1ccc(O)c(O)c1F.Oc1cccc(F)c1O.